The van der Waals surface area contributed by atoms with Crippen LogP contribution in [-0.2, 0) is 4.74 Å². The summed E-state index contributed by atoms with van der Waals surface area (Å²) in [6.07, 6.45) is 4.13. The van der Waals surface area contributed by atoms with Gasteiger partial charge in [-0.25, -0.2) is 24.7 Å². The summed E-state index contributed by atoms with van der Waals surface area (Å²) in [4.78, 5) is 36.7. The molecule has 2 N–H and O–H groups in total. The number of carbonyl (C=O) groups excluding carboxylic acids is 1. The van der Waals surface area contributed by atoms with E-state index in [0.717, 1.165) is 30.9 Å². The van der Waals surface area contributed by atoms with Crippen molar-refractivity contribution in [3.05, 3.63) is 78.2 Å². The zero-order chi connectivity index (χ0) is 24.9. The normalized spacial score (nSPS) is 15.4. The monoisotopic (exact) mass is 482 g/mol. The van der Waals surface area contributed by atoms with Gasteiger partial charge in [0.05, 0.1) is 5.56 Å². The molecule has 10 nitrogen and oxygen atoms in total. The van der Waals surface area contributed by atoms with Gasteiger partial charge in [-0.1, -0.05) is 6.07 Å². The van der Waals surface area contributed by atoms with Gasteiger partial charge in [0.1, 0.15) is 23.4 Å². The first-order valence-electron chi connectivity index (χ1n) is 11.7. The Morgan fingerprint density at radius 2 is 1.72 bits per heavy atom. The summed E-state index contributed by atoms with van der Waals surface area (Å²) in [5.74, 6) is 1.77. The largest absolute Gasteiger partial charge is 0.457 e. The summed E-state index contributed by atoms with van der Waals surface area (Å²) < 4.78 is 5.59. The Morgan fingerprint density at radius 3 is 2.47 bits per heavy atom. The first-order valence-corrected chi connectivity index (χ1v) is 11.7. The maximum Gasteiger partial charge on any atom is 0.338 e. The number of carbonyl (C=O) groups is 1. The summed E-state index contributed by atoms with van der Waals surface area (Å²) in [5, 5.41) is 6.34. The molecule has 10 heteroatoms. The fourth-order valence-electron chi connectivity index (χ4n) is 3.87. The van der Waals surface area contributed by atoms with Crippen LogP contribution >= 0.6 is 0 Å². The molecule has 5 rings (SSSR count). The highest BCUT2D eigenvalue weighted by atomic mass is 16.5. The van der Waals surface area contributed by atoms with Crippen LogP contribution in [0.25, 0.3) is 11.5 Å². The topological polar surface area (TPSA) is 118 Å². The standard InChI is InChI=1S/C26H26N8O2/c1-17-4-3-5-21(29-17)24-27-13-10-22(32-24)31-23-11-14-28-26(33-23)30-19-8-6-18(7-9-19)25(35)36-20-12-15-34(2)16-20/h3-11,13-14,20H,12,15-16H2,1-2H3,(H2,27,28,30,31,32,33)/t20-/m0/s1. The summed E-state index contributed by atoms with van der Waals surface area (Å²) in [6.45, 7) is 3.64. The fourth-order valence-corrected chi connectivity index (χ4v) is 3.87. The van der Waals surface area contributed by atoms with E-state index < -0.39 is 0 Å². The second-order valence-electron chi connectivity index (χ2n) is 8.60. The van der Waals surface area contributed by atoms with E-state index in [1.165, 1.54) is 0 Å². The zero-order valence-electron chi connectivity index (χ0n) is 20.0. The van der Waals surface area contributed by atoms with Gasteiger partial charge in [-0.3, -0.25) is 0 Å². The van der Waals surface area contributed by atoms with Gasteiger partial charge in [-0.15, -0.1) is 0 Å². The minimum absolute atomic E-state index is 0.0528. The van der Waals surface area contributed by atoms with Crippen LogP contribution in [0.2, 0.25) is 0 Å². The number of benzene rings is 1. The molecule has 0 spiro atoms. The van der Waals surface area contributed by atoms with Crippen LogP contribution < -0.4 is 10.6 Å². The number of ether oxygens (including phenoxy) is 1. The Hall–Kier alpha value is -4.44. The van der Waals surface area contributed by atoms with Crippen molar-refractivity contribution < 1.29 is 9.53 Å². The lowest BCUT2D eigenvalue weighted by Crippen LogP contribution is -2.22. The molecular formula is C26H26N8O2. The number of aromatic nitrogens is 5. The number of aryl methyl sites for hydroxylation is 1. The molecule has 1 aromatic carbocycles. The second-order valence-corrected chi connectivity index (χ2v) is 8.60. The number of likely N-dealkylation sites (tertiary alicyclic amines) is 1. The Labute approximate surface area is 208 Å². The van der Waals surface area contributed by atoms with E-state index in [1.54, 1.807) is 48.8 Å². The molecule has 0 unspecified atom stereocenters. The quantitative estimate of drug-likeness (QED) is 0.374. The van der Waals surface area contributed by atoms with Gasteiger partial charge in [-0.05, 0) is 68.9 Å². The average Bonchev–Trinajstić information content (AvgIpc) is 3.29. The third kappa shape index (κ3) is 5.78. The van der Waals surface area contributed by atoms with Crippen molar-refractivity contribution in [2.75, 3.05) is 30.8 Å². The molecule has 4 heterocycles. The van der Waals surface area contributed by atoms with Crippen LogP contribution in [-0.4, -0.2) is 62.0 Å². The molecule has 0 radical (unpaired) electrons. The smallest absolute Gasteiger partial charge is 0.338 e. The van der Waals surface area contributed by atoms with Crippen LogP contribution in [0.1, 0.15) is 22.5 Å². The van der Waals surface area contributed by atoms with E-state index in [2.05, 4.69) is 40.5 Å². The molecule has 36 heavy (non-hydrogen) atoms. The number of rotatable bonds is 7. The Kier molecular flexibility index (Phi) is 6.76. The number of likely N-dealkylation sites (N-methyl/N-ethyl adjacent to an activating group) is 1. The summed E-state index contributed by atoms with van der Waals surface area (Å²) in [5.41, 5.74) is 2.85. The number of hydrogen-bond acceptors (Lipinski definition) is 10. The minimum Gasteiger partial charge on any atom is -0.457 e. The molecule has 1 aliphatic rings. The second kappa shape index (κ2) is 10.4. The Morgan fingerprint density at radius 1 is 0.944 bits per heavy atom. The maximum absolute atomic E-state index is 12.4. The van der Waals surface area contributed by atoms with Crippen LogP contribution in [0.15, 0.2) is 67.0 Å². The first kappa shape index (κ1) is 23.3. The SMILES string of the molecule is Cc1cccc(-c2nccc(Nc3ccnc(Nc4ccc(C(=O)O[C@H]5CCN(C)C5)cc4)n3)n2)n1. The number of nitrogens with zero attached hydrogens (tertiary/aromatic N) is 6. The predicted molar refractivity (Wildman–Crippen MR) is 136 cm³/mol. The number of hydrogen-bond donors (Lipinski definition) is 2. The molecule has 1 aliphatic heterocycles. The van der Waals surface area contributed by atoms with Crippen molar-refractivity contribution in [3.63, 3.8) is 0 Å². The summed E-state index contributed by atoms with van der Waals surface area (Å²) in [6, 6.07) is 16.3. The first-order chi connectivity index (χ1) is 17.5. The van der Waals surface area contributed by atoms with E-state index in [0.29, 0.717) is 34.7 Å². The van der Waals surface area contributed by atoms with Gasteiger partial charge < -0.3 is 20.3 Å². The van der Waals surface area contributed by atoms with E-state index >= 15 is 0 Å². The van der Waals surface area contributed by atoms with Crippen molar-refractivity contribution in [2.24, 2.45) is 0 Å². The minimum atomic E-state index is -0.311. The predicted octanol–water partition coefficient (Wildman–Crippen LogP) is 3.99. The van der Waals surface area contributed by atoms with E-state index in [9.17, 15) is 4.79 Å². The van der Waals surface area contributed by atoms with Gasteiger partial charge in [0.2, 0.25) is 5.95 Å². The molecular weight excluding hydrogens is 456 g/mol. The Bertz CT molecular complexity index is 1360. The molecule has 0 bridgehead atoms. The molecule has 1 fully saturated rings. The van der Waals surface area contributed by atoms with E-state index in [1.807, 2.05) is 32.2 Å². The van der Waals surface area contributed by atoms with Crippen molar-refractivity contribution in [1.29, 1.82) is 0 Å². The highest BCUT2D eigenvalue weighted by Crippen LogP contribution is 2.20. The molecule has 1 atom stereocenters. The molecule has 0 saturated carbocycles. The highest BCUT2D eigenvalue weighted by Gasteiger charge is 2.23. The van der Waals surface area contributed by atoms with Gasteiger partial charge in [0.25, 0.3) is 0 Å². The lowest BCUT2D eigenvalue weighted by molar-refractivity contribution is 0.0327. The van der Waals surface area contributed by atoms with Gasteiger partial charge in [0.15, 0.2) is 5.82 Å². The lowest BCUT2D eigenvalue weighted by Gasteiger charge is -2.12. The van der Waals surface area contributed by atoms with E-state index in [-0.39, 0.29) is 12.1 Å². The van der Waals surface area contributed by atoms with Crippen molar-refractivity contribution in [1.82, 2.24) is 29.8 Å². The van der Waals surface area contributed by atoms with Crippen LogP contribution in [0.3, 0.4) is 0 Å². The molecule has 1 saturated heterocycles. The third-order valence-electron chi connectivity index (χ3n) is 5.68. The average molecular weight is 483 g/mol. The third-order valence-corrected chi connectivity index (χ3v) is 5.68. The number of esters is 1. The number of nitrogens with one attached hydrogen (secondary N) is 2. The fraction of sp³-hybridized carbons (Fsp3) is 0.231. The molecule has 182 valence electrons. The van der Waals surface area contributed by atoms with Crippen LogP contribution in [0.4, 0.5) is 23.3 Å². The van der Waals surface area contributed by atoms with Gasteiger partial charge in [-0.2, -0.15) is 4.98 Å². The van der Waals surface area contributed by atoms with Crippen molar-refractivity contribution in [2.45, 2.75) is 19.4 Å². The van der Waals surface area contributed by atoms with Crippen molar-refractivity contribution >= 4 is 29.2 Å². The van der Waals surface area contributed by atoms with Crippen LogP contribution in [0.5, 0.6) is 0 Å². The number of pyridine rings is 1. The highest BCUT2D eigenvalue weighted by molar-refractivity contribution is 5.90. The maximum atomic E-state index is 12.4. The molecule has 3 aromatic heterocycles. The summed E-state index contributed by atoms with van der Waals surface area (Å²) in [7, 11) is 2.02. The number of anilines is 4. The summed E-state index contributed by atoms with van der Waals surface area (Å²) >= 11 is 0. The zero-order valence-corrected chi connectivity index (χ0v) is 20.0. The van der Waals surface area contributed by atoms with E-state index in [4.69, 9.17) is 4.74 Å². The Balaban J connectivity index is 1.23. The van der Waals surface area contributed by atoms with Gasteiger partial charge >= 0.3 is 5.97 Å². The van der Waals surface area contributed by atoms with Crippen LogP contribution in [0, 0.1) is 6.92 Å². The molecule has 4 aromatic rings. The van der Waals surface area contributed by atoms with Crippen molar-refractivity contribution in [3.8, 4) is 11.5 Å². The van der Waals surface area contributed by atoms with Gasteiger partial charge in [0, 0.05) is 36.9 Å². The molecule has 0 aliphatic carbocycles. The lowest BCUT2D eigenvalue weighted by atomic mass is 10.2. The molecule has 0 amide bonds.